The van der Waals surface area contributed by atoms with Gasteiger partial charge in [-0.1, -0.05) is 13.8 Å². The second kappa shape index (κ2) is 3.41. The number of rotatable bonds is 1. The van der Waals surface area contributed by atoms with Crippen LogP contribution in [0.4, 0.5) is 0 Å². The highest BCUT2D eigenvalue weighted by atomic mass is 32.1. The molecule has 0 aromatic heterocycles. The zero-order chi connectivity index (χ0) is 10.2. The number of thiocarbonyl (C=S) groups is 1. The van der Waals surface area contributed by atoms with Crippen LogP contribution in [-0.4, -0.2) is 27.9 Å². The monoisotopic (exact) mass is 200 g/mol. The summed E-state index contributed by atoms with van der Waals surface area (Å²) in [4.78, 5) is 23.8. The Morgan fingerprint density at radius 1 is 1.62 bits per heavy atom. The van der Waals surface area contributed by atoms with Crippen LogP contribution >= 0.6 is 12.2 Å². The Morgan fingerprint density at radius 3 is 2.46 bits per heavy atom. The van der Waals surface area contributed by atoms with Gasteiger partial charge >= 0.3 is 0 Å². The lowest BCUT2D eigenvalue weighted by Crippen LogP contribution is -2.41. The molecular formula is C8H12N2O2S. The third-order valence-electron chi connectivity index (χ3n) is 1.97. The Labute approximate surface area is 82.3 Å². The Hall–Kier alpha value is -0.970. The van der Waals surface area contributed by atoms with Crippen molar-refractivity contribution in [2.75, 3.05) is 0 Å². The minimum Gasteiger partial charge on any atom is -0.301 e. The summed E-state index contributed by atoms with van der Waals surface area (Å²) in [6.07, 6.45) is 0. The first kappa shape index (κ1) is 10.1. The summed E-state index contributed by atoms with van der Waals surface area (Å²) in [7, 11) is 0. The predicted molar refractivity (Wildman–Crippen MR) is 51.9 cm³/mol. The van der Waals surface area contributed by atoms with Gasteiger partial charge < -0.3 is 5.32 Å². The highest BCUT2D eigenvalue weighted by molar-refractivity contribution is 7.80. The summed E-state index contributed by atoms with van der Waals surface area (Å²) < 4.78 is 0. The number of hydrogen-bond acceptors (Lipinski definition) is 3. The molecule has 1 atom stereocenters. The molecule has 1 aliphatic rings. The minimum absolute atomic E-state index is 0.0735. The van der Waals surface area contributed by atoms with Crippen LogP contribution in [0.1, 0.15) is 20.8 Å². The smallest absolute Gasteiger partial charge is 0.249 e. The van der Waals surface area contributed by atoms with Gasteiger partial charge in [0, 0.05) is 6.92 Å². The zero-order valence-electron chi connectivity index (χ0n) is 7.83. The van der Waals surface area contributed by atoms with E-state index in [2.05, 4.69) is 5.32 Å². The normalized spacial score (nSPS) is 22.5. The Morgan fingerprint density at radius 2 is 2.15 bits per heavy atom. The van der Waals surface area contributed by atoms with E-state index in [4.69, 9.17) is 12.2 Å². The van der Waals surface area contributed by atoms with E-state index in [1.165, 1.54) is 11.8 Å². The molecule has 0 radical (unpaired) electrons. The molecule has 5 heteroatoms. The molecule has 1 saturated heterocycles. The highest BCUT2D eigenvalue weighted by Gasteiger charge is 2.39. The van der Waals surface area contributed by atoms with Gasteiger partial charge in [-0.25, -0.2) is 0 Å². The van der Waals surface area contributed by atoms with E-state index in [0.717, 1.165) is 0 Å². The molecule has 2 amide bonds. The van der Waals surface area contributed by atoms with Crippen molar-refractivity contribution in [2.45, 2.75) is 26.8 Å². The third-order valence-corrected chi connectivity index (χ3v) is 2.27. The first-order valence-corrected chi connectivity index (χ1v) is 4.50. The molecule has 1 N–H and O–H groups in total. The van der Waals surface area contributed by atoms with Gasteiger partial charge in [0.1, 0.15) is 6.04 Å². The summed E-state index contributed by atoms with van der Waals surface area (Å²) in [5, 5.41) is 2.70. The number of amides is 2. The lowest BCUT2D eigenvalue weighted by molar-refractivity contribution is -0.132. The van der Waals surface area contributed by atoms with Crippen molar-refractivity contribution >= 4 is 29.1 Å². The van der Waals surface area contributed by atoms with Crippen molar-refractivity contribution in [3.8, 4) is 0 Å². The van der Waals surface area contributed by atoms with Gasteiger partial charge in [-0.15, -0.1) is 0 Å². The first-order chi connectivity index (χ1) is 5.95. The first-order valence-electron chi connectivity index (χ1n) is 4.09. The zero-order valence-corrected chi connectivity index (χ0v) is 8.64. The fraction of sp³-hybridized carbons (Fsp3) is 0.625. The molecule has 0 aliphatic carbocycles. The van der Waals surface area contributed by atoms with Crippen molar-refractivity contribution in [1.29, 1.82) is 0 Å². The van der Waals surface area contributed by atoms with E-state index in [1.54, 1.807) is 0 Å². The average molecular weight is 200 g/mol. The second-order valence-corrected chi connectivity index (χ2v) is 3.76. The molecule has 1 unspecified atom stereocenters. The van der Waals surface area contributed by atoms with Crippen molar-refractivity contribution in [2.24, 2.45) is 5.92 Å². The molecule has 72 valence electrons. The van der Waals surface area contributed by atoms with Crippen molar-refractivity contribution in [1.82, 2.24) is 10.2 Å². The predicted octanol–water partition coefficient (Wildman–Crippen LogP) is 0.274. The van der Waals surface area contributed by atoms with Gasteiger partial charge in [0.25, 0.3) is 0 Å². The van der Waals surface area contributed by atoms with E-state index in [9.17, 15) is 9.59 Å². The Balaban J connectivity index is 2.96. The van der Waals surface area contributed by atoms with Gasteiger partial charge in [-0.05, 0) is 18.1 Å². The molecule has 1 heterocycles. The average Bonchev–Trinajstić information content (AvgIpc) is 2.24. The second-order valence-electron chi connectivity index (χ2n) is 3.37. The van der Waals surface area contributed by atoms with E-state index in [1.807, 2.05) is 13.8 Å². The van der Waals surface area contributed by atoms with Gasteiger partial charge in [0.05, 0.1) is 0 Å². The molecule has 0 bridgehead atoms. The SMILES string of the molecule is CC(=O)N1C(=S)NC(=O)C1C(C)C. The van der Waals surface area contributed by atoms with E-state index in [-0.39, 0.29) is 22.8 Å². The van der Waals surface area contributed by atoms with Crippen LogP contribution in [0.15, 0.2) is 0 Å². The lowest BCUT2D eigenvalue weighted by Gasteiger charge is -2.22. The largest absolute Gasteiger partial charge is 0.301 e. The van der Waals surface area contributed by atoms with E-state index in [0.29, 0.717) is 0 Å². The maximum atomic E-state index is 11.3. The molecule has 13 heavy (non-hydrogen) atoms. The quantitative estimate of drug-likeness (QED) is 0.618. The lowest BCUT2D eigenvalue weighted by atomic mass is 10.0. The Bertz CT molecular complexity index is 275. The molecule has 0 aromatic carbocycles. The summed E-state index contributed by atoms with van der Waals surface area (Å²) in [5.74, 6) is -0.304. The van der Waals surface area contributed by atoms with Crippen molar-refractivity contribution in [3.63, 3.8) is 0 Å². The minimum atomic E-state index is -0.440. The van der Waals surface area contributed by atoms with E-state index >= 15 is 0 Å². The van der Waals surface area contributed by atoms with E-state index < -0.39 is 6.04 Å². The van der Waals surface area contributed by atoms with Gasteiger partial charge in [-0.3, -0.25) is 14.5 Å². The fourth-order valence-corrected chi connectivity index (χ4v) is 1.77. The van der Waals surface area contributed by atoms with Crippen LogP contribution in [-0.2, 0) is 9.59 Å². The molecular weight excluding hydrogens is 188 g/mol. The number of nitrogens with zero attached hydrogens (tertiary/aromatic N) is 1. The van der Waals surface area contributed by atoms with Crippen LogP contribution in [0.5, 0.6) is 0 Å². The van der Waals surface area contributed by atoms with Crippen molar-refractivity contribution < 1.29 is 9.59 Å². The number of carbonyl (C=O) groups is 2. The molecule has 0 saturated carbocycles. The van der Waals surface area contributed by atoms with Gasteiger partial charge in [-0.2, -0.15) is 0 Å². The maximum absolute atomic E-state index is 11.3. The summed E-state index contributed by atoms with van der Waals surface area (Å²) in [5.41, 5.74) is 0. The number of carbonyl (C=O) groups excluding carboxylic acids is 2. The third kappa shape index (κ3) is 1.70. The summed E-state index contributed by atoms with van der Waals surface area (Å²) >= 11 is 4.86. The van der Waals surface area contributed by atoms with Crippen LogP contribution < -0.4 is 5.32 Å². The standard InChI is InChI=1S/C8H12N2O2S/c1-4(2)6-7(12)9-8(13)10(6)5(3)11/h4,6H,1-3H3,(H,9,12,13). The molecule has 0 spiro atoms. The topological polar surface area (TPSA) is 49.4 Å². The molecule has 1 rings (SSSR count). The summed E-state index contributed by atoms with van der Waals surface area (Å²) in [6.45, 7) is 5.17. The number of hydrogen-bond donors (Lipinski definition) is 1. The Kier molecular flexibility index (Phi) is 2.66. The molecule has 1 fully saturated rings. The maximum Gasteiger partial charge on any atom is 0.249 e. The molecule has 0 aromatic rings. The highest BCUT2D eigenvalue weighted by Crippen LogP contribution is 2.16. The summed E-state index contributed by atoms with van der Waals surface area (Å²) in [6, 6.07) is -0.440. The van der Waals surface area contributed by atoms with Crippen LogP contribution in [0.25, 0.3) is 0 Å². The molecule has 1 aliphatic heterocycles. The van der Waals surface area contributed by atoms with Gasteiger partial charge in [0.2, 0.25) is 11.8 Å². The molecule has 4 nitrogen and oxygen atoms in total. The number of nitrogens with one attached hydrogen (secondary N) is 1. The van der Waals surface area contributed by atoms with Crippen LogP contribution in [0.2, 0.25) is 0 Å². The van der Waals surface area contributed by atoms with Gasteiger partial charge in [0.15, 0.2) is 5.11 Å². The fourth-order valence-electron chi connectivity index (χ4n) is 1.42. The van der Waals surface area contributed by atoms with Crippen LogP contribution in [0.3, 0.4) is 0 Å². The van der Waals surface area contributed by atoms with Crippen LogP contribution in [0, 0.1) is 5.92 Å². The van der Waals surface area contributed by atoms with Crippen molar-refractivity contribution in [3.05, 3.63) is 0 Å².